The summed E-state index contributed by atoms with van der Waals surface area (Å²) in [6.45, 7) is 0.874. The fraction of sp³-hybridized carbons (Fsp3) is 0.278. The van der Waals surface area contributed by atoms with Crippen molar-refractivity contribution < 1.29 is 4.79 Å². The van der Waals surface area contributed by atoms with E-state index in [9.17, 15) is 4.79 Å². The van der Waals surface area contributed by atoms with Gasteiger partial charge < -0.3 is 9.80 Å². The molecule has 0 atom stereocenters. The second-order valence-electron chi connectivity index (χ2n) is 5.95. The van der Waals surface area contributed by atoms with Gasteiger partial charge in [0.25, 0.3) is 0 Å². The minimum atomic E-state index is -0.0579. The van der Waals surface area contributed by atoms with Crippen LogP contribution in [0.4, 0.5) is 5.69 Å². The van der Waals surface area contributed by atoms with Gasteiger partial charge in [-0.2, -0.15) is 0 Å². The first-order valence-electron chi connectivity index (χ1n) is 7.53. The van der Waals surface area contributed by atoms with E-state index >= 15 is 0 Å². The van der Waals surface area contributed by atoms with Crippen molar-refractivity contribution in [1.82, 2.24) is 15.2 Å². The summed E-state index contributed by atoms with van der Waals surface area (Å²) in [5, 5.41) is 1.86. The first-order valence-corrected chi connectivity index (χ1v) is 7.53. The molecule has 0 spiro atoms. The first-order chi connectivity index (χ1) is 11.0. The summed E-state index contributed by atoms with van der Waals surface area (Å²) in [4.78, 5) is 16.1. The van der Waals surface area contributed by atoms with Gasteiger partial charge in [0.1, 0.15) is 5.70 Å². The Kier molecular flexibility index (Phi) is 5.60. The van der Waals surface area contributed by atoms with E-state index in [-0.39, 0.29) is 5.78 Å². The molecule has 23 heavy (non-hydrogen) atoms. The van der Waals surface area contributed by atoms with Gasteiger partial charge in [0.15, 0.2) is 0 Å². The van der Waals surface area contributed by atoms with Gasteiger partial charge in [-0.15, -0.1) is 0 Å². The first kappa shape index (κ1) is 16.8. The Morgan fingerprint density at radius 3 is 2.74 bits per heavy atom. The summed E-state index contributed by atoms with van der Waals surface area (Å²) in [7, 11) is 7.86. The highest BCUT2D eigenvalue weighted by Crippen LogP contribution is 2.18. The Labute approximate surface area is 138 Å². The van der Waals surface area contributed by atoms with Gasteiger partial charge in [-0.3, -0.25) is 15.2 Å². The van der Waals surface area contributed by atoms with Gasteiger partial charge in [0, 0.05) is 39.1 Å². The quantitative estimate of drug-likeness (QED) is 0.815. The van der Waals surface area contributed by atoms with Crippen molar-refractivity contribution in [2.45, 2.75) is 6.54 Å². The lowest BCUT2D eigenvalue weighted by molar-refractivity contribution is -0.111. The van der Waals surface area contributed by atoms with Crippen LogP contribution in [-0.4, -0.2) is 43.8 Å². The number of anilines is 1. The third-order valence-electron chi connectivity index (χ3n) is 3.22. The maximum atomic E-state index is 12.2. The number of nitrogens with zero attached hydrogens (tertiary/aromatic N) is 3. The van der Waals surface area contributed by atoms with Crippen LogP contribution in [0.15, 0.2) is 60.6 Å². The molecule has 1 aliphatic heterocycles. The normalized spacial score (nSPS) is 14.1. The standard InChI is InChI=1S/C18H24N4O/c1-20(2)12-10-18(23)17-9-6-11-22(19-17)16-8-5-7-15(13-16)14-21(3)4/h5-13,19H,14H2,1-4H3/b12-10+. The number of carbonyl (C=O) groups excluding carboxylic acids is 1. The number of hydrogen-bond donors (Lipinski definition) is 1. The number of allylic oxidation sites excluding steroid dienone is 3. The molecule has 0 aromatic heterocycles. The lowest BCUT2D eigenvalue weighted by atomic mass is 10.2. The number of nitrogens with one attached hydrogen (secondary N) is 1. The maximum absolute atomic E-state index is 12.2. The average Bonchev–Trinajstić information content (AvgIpc) is 2.52. The van der Waals surface area contributed by atoms with Gasteiger partial charge in [-0.1, -0.05) is 12.1 Å². The molecule has 0 fully saturated rings. The van der Waals surface area contributed by atoms with Crippen molar-refractivity contribution in [2.24, 2.45) is 0 Å². The monoisotopic (exact) mass is 312 g/mol. The van der Waals surface area contributed by atoms with Crippen molar-refractivity contribution in [1.29, 1.82) is 0 Å². The average molecular weight is 312 g/mol. The minimum Gasteiger partial charge on any atom is -0.383 e. The van der Waals surface area contributed by atoms with E-state index in [1.807, 2.05) is 62.5 Å². The fourth-order valence-electron chi connectivity index (χ4n) is 2.19. The molecule has 0 unspecified atom stereocenters. The van der Waals surface area contributed by atoms with Crippen LogP contribution >= 0.6 is 0 Å². The van der Waals surface area contributed by atoms with Crippen LogP contribution < -0.4 is 10.4 Å². The van der Waals surface area contributed by atoms with Gasteiger partial charge in [0.05, 0.1) is 5.69 Å². The van der Waals surface area contributed by atoms with E-state index in [1.165, 1.54) is 5.56 Å². The molecule has 1 aromatic carbocycles. The Morgan fingerprint density at radius 1 is 1.26 bits per heavy atom. The molecule has 1 heterocycles. The zero-order valence-corrected chi connectivity index (χ0v) is 14.2. The maximum Gasteiger partial charge on any atom is 0.204 e. The zero-order valence-electron chi connectivity index (χ0n) is 14.2. The predicted molar refractivity (Wildman–Crippen MR) is 94.5 cm³/mol. The molecule has 1 N–H and O–H groups in total. The molecule has 5 heteroatoms. The Hall–Kier alpha value is -2.53. The van der Waals surface area contributed by atoms with Crippen molar-refractivity contribution in [2.75, 3.05) is 33.2 Å². The van der Waals surface area contributed by atoms with Gasteiger partial charge in [-0.25, -0.2) is 0 Å². The SMILES string of the molecule is CN(C)/C=C/C(=O)C1=CC=CN(c2cccc(CN(C)C)c2)N1. The highest BCUT2D eigenvalue weighted by molar-refractivity contribution is 6.04. The molecule has 1 aliphatic rings. The molecule has 2 rings (SSSR count). The van der Waals surface area contributed by atoms with Crippen LogP contribution in [0, 0.1) is 0 Å². The Morgan fingerprint density at radius 2 is 2.04 bits per heavy atom. The number of hydrazine groups is 1. The second-order valence-corrected chi connectivity index (χ2v) is 5.95. The van der Waals surface area contributed by atoms with E-state index in [2.05, 4.69) is 22.5 Å². The molecule has 122 valence electrons. The van der Waals surface area contributed by atoms with Gasteiger partial charge in [-0.05, 0) is 43.9 Å². The van der Waals surface area contributed by atoms with Crippen LogP contribution in [0.25, 0.3) is 0 Å². The van der Waals surface area contributed by atoms with Crippen LogP contribution in [0.5, 0.6) is 0 Å². The van der Waals surface area contributed by atoms with Crippen molar-refractivity contribution in [3.05, 3.63) is 66.2 Å². The lowest BCUT2D eigenvalue weighted by Crippen LogP contribution is -2.37. The summed E-state index contributed by atoms with van der Waals surface area (Å²) < 4.78 is 0. The van der Waals surface area contributed by atoms with Gasteiger partial charge >= 0.3 is 0 Å². The third kappa shape index (κ3) is 5.00. The van der Waals surface area contributed by atoms with Crippen LogP contribution in [0.1, 0.15) is 5.56 Å². The number of hydrogen-bond acceptors (Lipinski definition) is 5. The highest BCUT2D eigenvalue weighted by Gasteiger charge is 2.13. The molecule has 0 amide bonds. The third-order valence-corrected chi connectivity index (χ3v) is 3.22. The van der Waals surface area contributed by atoms with E-state index in [1.54, 1.807) is 18.4 Å². The van der Waals surface area contributed by atoms with E-state index in [4.69, 9.17) is 0 Å². The summed E-state index contributed by atoms with van der Waals surface area (Å²) in [6, 6.07) is 8.24. The van der Waals surface area contributed by atoms with E-state index < -0.39 is 0 Å². The summed E-state index contributed by atoms with van der Waals surface area (Å²) in [6.07, 6.45) is 8.85. The second kappa shape index (κ2) is 7.65. The predicted octanol–water partition coefficient (Wildman–Crippen LogP) is 2.11. The smallest absolute Gasteiger partial charge is 0.204 e. The number of rotatable bonds is 6. The molecular formula is C18H24N4O. The molecule has 0 saturated carbocycles. The van der Waals surface area contributed by atoms with Crippen LogP contribution in [-0.2, 0) is 11.3 Å². The number of carbonyl (C=O) groups is 1. The zero-order chi connectivity index (χ0) is 16.8. The molecule has 0 bridgehead atoms. The largest absolute Gasteiger partial charge is 0.383 e. The lowest BCUT2D eigenvalue weighted by Gasteiger charge is -2.26. The van der Waals surface area contributed by atoms with Crippen molar-refractivity contribution >= 4 is 11.5 Å². The Bertz CT molecular complexity index is 644. The molecule has 0 radical (unpaired) electrons. The topological polar surface area (TPSA) is 38.8 Å². The summed E-state index contributed by atoms with van der Waals surface area (Å²) in [5.41, 5.74) is 5.91. The minimum absolute atomic E-state index is 0.0579. The molecule has 0 saturated heterocycles. The number of ketones is 1. The molecular weight excluding hydrogens is 288 g/mol. The van der Waals surface area contributed by atoms with E-state index in [0.29, 0.717) is 5.70 Å². The highest BCUT2D eigenvalue weighted by atomic mass is 16.1. The number of benzene rings is 1. The van der Waals surface area contributed by atoms with Crippen LogP contribution in [0.2, 0.25) is 0 Å². The molecule has 5 nitrogen and oxygen atoms in total. The summed E-state index contributed by atoms with van der Waals surface area (Å²) >= 11 is 0. The summed E-state index contributed by atoms with van der Waals surface area (Å²) in [5.74, 6) is -0.0579. The van der Waals surface area contributed by atoms with Crippen molar-refractivity contribution in [3.63, 3.8) is 0 Å². The molecule has 1 aromatic rings. The Balaban J connectivity index is 2.10. The van der Waals surface area contributed by atoms with Crippen molar-refractivity contribution in [3.8, 4) is 0 Å². The van der Waals surface area contributed by atoms with Crippen LogP contribution in [0.3, 0.4) is 0 Å². The fourth-order valence-corrected chi connectivity index (χ4v) is 2.19. The van der Waals surface area contributed by atoms with Gasteiger partial charge in [0.2, 0.25) is 5.78 Å². The molecule has 0 aliphatic carbocycles. The van der Waals surface area contributed by atoms with E-state index in [0.717, 1.165) is 12.2 Å².